The number of unbranched alkanes of at least 4 members (excludes halogenated alkanes) is 4. The molecule has 3 heteroatoms. The van der Waals surface area contributed by atoms with Gasteiger partial charge in [-0.05, 0) is 38.5 Å². The lowest BCUT2D eigenvalue weighted by atomic mass is 10.1. The van der Waals surface area contributed by atoms with Crippen LogP contribution in [0.2, 0.25) is 0 Å². The standard InChI is InChI=1S/C16H28O3/c1-2-15(17)11-7-5-3-4-6-9-13-18-16-12-8-10-14-19-16/h15-17H,2-6,8-10,12-14H2,1H3. The molecule has 0 aromatic rings. The monoisotopic (exact) mass is 268 g/mol. The summed E-state index contributed by atoms with van der Waals surface area (Å²) in [6.07, 6.45) is 9.26. The Labute approximate surface area is 117 Å². The molecule has 1 aliphatic rings. The van der Waals surface area contributed by atoms with Gasteiger partial charge < -0.3 is 14.6 Å². The van der Waals surface area contributed by atoms with E-state index in [4.69, 9.17) is 9.47 Å². The Morgan fingerprint density at radius 1 is 1.26 bits per heavy atom. The third-order valence-corrected chi connectivity index (χ3v) is 3.29. The van der Waals surface area contributed by atoms with Crippen LogP contribution in [-0.4, -0.2) is 30.7 Å². The maximum atomic E-state index is 9.25. The number of aliphatic hydroxyl groups is 1. The molecule has 2 atom stereocenters. The van der Waals surface area contributed by atoms with Crippen LogP contribution in [0.4, 0.5) is 0 Å². The second-order valence-electron chi connectivity index (χ2n) is 5.08. The highest BCUT2D eigenvalue weighted by Gasteiger charge is 2.13. The summed E-state index contributed by atoms with van der Waals surface area (Å²) in [6, 6.07) is 0. The summed E-state index contributed by atoms with van der Waals surface area (Å²) in [4.78, 5) is 0. The Bertz CT molecular complexity index is 261. The van der Waals surface area contributed by atoms with Crippen LogP contribution in [0.15, 0.2) is 0 Å². The first kappa shape index (κ1) is 16.5. The van der Waals surface area contributed by atoms with Crippen molar-refractivity contribution < 1.29 is 14.6 Å². The van der Waals surface area contributed by atoms with Gasteiger partial charge in [0.05, 0.1) is 0 Å². The van der Waals surface area contributed by atoms with Gasteiger partial charge in [0.2, 0.25) is 0 Å². The highest BCUT2D eigenvalue weighted by molar-refractivity contribution is 5.03. The Morgan fingerprint density at radius 2 is 2.11 bits per heavy atom. The molecule has 0 amide bonds. The van der Waals surface area contributed by atoms with E-state index in [1.807, 2.05) is 6.92 Å². The van der Waals surface area contributed by atoms with E-state index in [0.29, 0.717) is 6.42 Å². The van der Waals surface area contributed by atoms with Crippen LogP contribution < -0.4 is 0 Å². The molecule has 1 fully saturated rings. The average molecular weight is 268 g/mol. The molecule has 0 radical (unpaired) electrons. The van der Waals surface area contributed by atoms with Gasteiger partial charge in [-0.1, -0.05) is 25.7 Å². The Balaban J connectivity index is 1.84. The number of ether oxygens (including phenoxy) is 2. The fourth-order valence-electron chi connectivity index (χ4n) is 2.02. The van der Waals surface area contributed by atoms with Crippen molar-refractivity contribution in [2.45, 2.75) is 77.1 Å². The number of rotatable bonds is 8. The molecule has 0 saturated carbocycles. The van der Waals surface area contributed by atoms with Gasteiger partial charge in [0.1, 0.15) is 6.10 Å². The molecule has 19 heavy (non-hydrogen) atoms. The summed E-state index contributed by atoms with van der Waals surface area (Å²) in [7, 11) is 0. The first-order valence-electron chi connectivity index (χ1n) is 7.72. The topological polar surface area (TPSA) is 38.7 Å². The van der Waals surface area contributed by atoms with Crippen LogP contribution in [0, 0.1) is 11.8 Å². The summed E-state index contributed by atoms with van der Waals surface area (Å²) in [5.74, 6) is 5.87. The molecule has 0 aromatic heterocycles. The average Bonchev–Trinajstić information content (AvgIpc) is 2.46. The molecule has 1 saturated heterocycles. The maximum Gasteiger partial charge on any atom is 0.157 e. The van der Waals surface area contributed by atoms with Crippen molar-refractivity contribution in [1.29, 1.82) is 0 Å². The van der Waals surface area contributed by atoms with Gasteiger partial charge in [-0.15, -0.1) is 5.92 Å². The Kier molecular flexibility index (Phi) is 9.79. The van der Waals surface area contributed by atoms with Crippen molar-refractivity contribution in [3.05, 3.63) is 0 Å². The Hall–Kier alpha value is -0.560. The van der Waals surface area contributed by atoms with Crippen LogP contribution in [0.5, 0.6) is 0 Å². The highest BCUT2D eigenvalue weighted by Crippen LogP contribution is 2.14. The van der Waals surface area contributed by atoms with E-state index in [1.165, 1.54) is 25.7 Å². The molecular formula is C16H28O3. The minimum absolute atomic E-state index is 0.0511. The van der Waals surface area contributed by atoms with E-state index in [9.17, 15) is 5.11 Å². The van der Waals surface area contributed by atoms with Crippen molar-refractivity contribution >= 4 is 0 Å². The van der Waals surface area contributed by atoms with E-state index >= 15 is 0 Å². The minimum atomic E-state index is -0.441. The normalized spacial score (nSPS) is 20.6. The molecule has 1 heterocycles. The fraction of sp³-hybridized carbons (Fsp3) is 0.875. The molecule has 1 N–H and O–H groups in total. The summed E-state index contributed by atoms with van der Waals surface area (Å²) in [5.41, 5.74) is 0. The smallest absolute Gasteiger partial charge is 0.157 e. The number of hydrogen-bond donors (Lipinski definition) is 1. The third-order valence-electron chi connectivity index (χ3n) is 3.29. The number of hydrogen-bond acceptors (Lipinski definition) is 3. The largest absolute Gasteiger partial charge is 0.380 e. The van der Waals surface area contributed by atoms with Crippen LogP contribution in [0.1, 0.15) is 64.7 Å². The van der Waals surface area contributed by atoms with Gasteiger partial charge in [0.15, 0.2) is 6.29 Å². The van der Waals surface area contributed by atoms with Crippen LogP contribution in [0.3, 0.4) is 0 Å². The molecular weight excluding hydrogens is 240 g/mol. The molecule has 0 aromatic carbocycles. The fourth-order valence-corrected chi connectivity index (χ4v) is 2.02. The SMILES string of the molecule is CCC(O)C#CCCCCCCOC1CCCCO1. The molecule has 110 valence electrons. The molecule has 0 spiro atoms. The van der Waals surface area contributed by atoms with E-state index in [1.54, 1.807) is 0 Å². The van der Waals surface area contributed by atoms with E-state index < -0.39 is 6.10 Å². The maximum absolute atomic E-state index is 9.25. The number of aliphatic hydroxyl groups excluding tert-OH is 1. The quantitative estimate of drug-likeness (QED) is 0.542. The van der Waals surface area contributed by atoms with E-state index in [2.05, 4.69) is 11.8 Å². The molecule has 3 nitrogen and oxygen atoms in total. The molecule has 1 rings (SSSR count). The Morgan fingerprint density at radius 3 is 2.84 bits per heavy atom. The lowest BCUT2D eigenvalue weighted by Crippen LogP contribution is -2.22. The van der Waals surface area contributed by atoms with Crippen LogP contribution >= 0.6 is 0 Å². The van der Waals surface area contributed by atoms with Crippen LogP contribution in [-0.2, 0) is 9.47 Å². The van der Waals surface area contributed by atoms with Crippen molar-refractivity contribution in [2.75, 3.05) is 13.2 Å². The zero-order valence-electron chi connectivity index (χ0n) is 12.2. The first-order valence-corrected chi connectivity index (χ1v) is 7.72. The molecule has 0 bridgehead atoms. The van der Waals surface area contributed by atoms with Gasteiger partial charge >= 0.3 is 0 Å². The summed E-state index contributed by atoms with van der Waals surface area (Å²) in [6.45, 7) is 3.60. The van der Waals surface area contributed by atoms with Gasteiger partial charge in [-0.3, -0.25) is 0 Å². The third kappa shape index (κ3) is 9.04. The lowest BCUT2D eigenvalue weighted by molar-refractivity contribution is -0.162. The van der Waals surface area contributed by atoms with Gasteiger partial charge in [0.25, 0.3) is 0 Å². The van der Waals surface area contributed by atoms with Crippen molar-refractivity contribution in [3.63, 3.8) is 0 Å². The summed E-state index contributed by atoms with van der Waals surface area (Å²) < 4.78 is 11.2. The zero-order valence-corrected chi connectivity index (χ0v) is 12.2. The second kappa shape index (κ2) is 11.3. The van der Waals surface area contributed by atoms with E-state index in [-0.39, 0.29) is 6.29 Å². The molecule has 1 aliphatic heterocycles. The first-order chi connectivity index (χ1) is 9.33. The second-order valence-corrected chi connectivity index (χ2v) is 5.08. The lowest BCUT2D eigenvalue weighted by Gasteiger charge is -2.22. The van der Waals surface area contributed by atoms with Crippen molar-refractivity contribution in [2.24, 2.45) is 0 Å². The van der Waals surface area contributed by atoms with E-state index in [0.717, 1.165) is 38.9 Å². The van der Waals surface area contributed by atoms with Crippen molar-refractivity contribution in [1.82, 2.24) is 0 Å². The minimum Gasteiger partial charge on any atom is -0.380 e. The van der Waals surface area contributed by atoms with Crippen molar-refractivity contribution in [3.8, 4) is 11.8 Å². The zero-order chi connectivity index (χ0) is 13.8. The summed E-state index contributed by atoms with van der Waals surface area (Å²) in [5, 5.41) is 9.25. The summed E-state index contributed by atoms with van der Waals surface area (Å²) >= 11 is 0. The predicted molar refractivity (Wildman–Crippen MR) is 76.7 cm³/mol. The van der Waals surface area contributed by atoms with Gasteiger partial charge in [-0.2, -0.15) is 0 Å². The highest BCUT2D eigenvalue weighted by atomic mass is 16.7. The van der Waals surface area contributed by atoms with Gasteiger partial charge in [-0.25, -0.2) is 0 Å². The predicted octanol–water partition coefficient (Wildman–Crippen LogP) is 3.25. The molecule has 2 unspecified atom stereocenters. The molecule has 0 aliphatic carbocycles. The van der Waals surface area contributed by atoms with Gasteiger partial charge in [0, 0.05) is 19.6 Å². The van der Waals surface area contributed by atoms with Crippen LogP contribution in [0.25, 0.3) is 0 Å².